The highest BCUT2D eigenvalue weighted by atomic mass is 32.2. The summed E-state index contributed by atoms with van der Waals surface area (Å²) in [6.45, 7) is 4.63. The number of ether oxygens (including phenoxy) is 3. The number of carbonyl (C=O) groups is 3. The third kappa shape index (κ3) is 19.5. The number of carbonyl (C=O) groups excluding carboxylic acids is 3. The number of amides is 2. The minimum atomic E-state index is -4.62. The first-order valence-electron chi connectivity index (χ1n) is 37.9. The first kappa shape index (κ1) is 82.0. The molecule has 0 radical (unpaired) electrons. The summed E-state index contributed by atoms with van der Waals surface area (Å²) in [7, 11) is -0.683. The number of alkyl halides is 3. The highest BCUT2D eigenvalue weighted by Gasteiger charge is 2.41. The maximum Gasteiger partial charge on any atom is 0.456 e. The molecule has 594 valence electrons. The molecule has 7 aromatic carbocycles. The van der Waals surface area contributed by atoms with E-state index in [1.807, 2.05) is 95.9 Å². The minimum absolute atomic E-state index is 0.0333. The van der Waals surface area contributed by atoms with Crippen molar-refractivity contribution in [3.05, 3.63) is 265 Å². The van der Waals surface area contributed by atoms with Crippen LogP contribution < -0.4 is 28.8 Å². The number of hydrogen-bond donors (Lipinski definition) is 2. The molecule has 20 nitrogen and oxygen atoms in total. The van der Waals surface area contributed by atoms with Crippen molar-refractivity contribution in [3.8, 4) is 72.7 Å². The van der Waals surface area contributed by atoms with E-state index in [2.05, 4.69) is 63.8 Å². The summed E-state index contributed by atoms with van der Waals surface area (Å²) in [6.07, 6.45) is 6.79. The van der Waals surface area contributed by atoms with Gasteiger partial charge in [-0.2, -0.15) is 13.2 Å². The Kier molecular flexibility index (Phi) is 26.8. The van der Waals surface area contributed by atoms with Crippen LogP contribution in [0.1, 0.15) is 90.4 Å². The number of methoxy groups -OCH3 is 3. The number of H-pyrrole nitrogens is 1. The van der Waals surface area contributed by atoms with Crippen LogP contribution in [0.25, 0.3) is 82.4 Å². The van der Waals surface area contributed by atoms with E-state index in [1.165, 1.54) is 63.4 Å². The number of likely N-dealkylation sites (tertiary alicyclic amines) is 2. The molecule has 2 aliphatic heterocycles. The van der Waals surface area contributed by atoms with Gasteiger partial charge >= 0.3 is 11.8 Å². The molecule has 2 fully saturated rings. The number of unbranched alkanes of at least 4 members (excludes halogenated alkanes) is 1. The summed E-state index contributed by atoms with van der Waals surface area (Å²) < 4.78 is 99.2. The molecule has 1 atom stereocenters. The van der Waals surface area contributed by atoms with Crippen LogP contribution in [-0.2, 0) is 38.2 Å². The predicted octanol–water partition coefficient (Wildman–Crippen LogP) is 18.3. The van der Waals surface area contributed by atoms with Crippen molar-refractivity contribution >= 4 is 99.4 Å². The highest BCUT2D eigenvalue weighted by Crippen LogP contribution is 2.44. The van der Waals surface area contributed by atoms with E-state index in [9.17, 15) is 40.2 Å². The highest BCUT2D eigenvalue weighted by molar-refractivity contribution is 7.93. The van der Waals surface area contributed by atoms with Gasteiger partial charge in [0.2, 0.25) is 5.69 Å². The van der Waals surface area contributed by atoms with E-state index in [0.29, 0.717) is 58.5 Å². The van der Waals surface area contributed by atoms with E-state index >= 15 is 0 Å². The van der Waals surface area contributed by atoms with Gasteiger partial charge in [-0.3, -0.25) is 27.9 Å². The number of aromatic amines is 1. The lowest BCUT2D eigenvalue weighted by molar-refractivity contribution is -0.604. The number of hydrogen-bond acceptors (Lipinski definition) is 17. The first-order chi connectivity index (χ1) is 56.3. The molecule has 0 bridgehead atoms. The number of piperidine rings is 2. The molecule has 9 heterocycles. The molecule has 2 aliphatic rings. The number of nitrogens with two attached hydrogens (primary N) is 1. The van der Waals surface area contributed by atoms with Gasteiger partial charge in [0.15, 0.2) is 11.5 Å². The zero-order valence-electron chi connectivity index (χ0n) is 64.2. The van der Waals surface area contributed by atoms with Crippen molar-refractivity contribution in [1.82, 2.24) is 39.8 Å². The molecule has 2 saturated heterocycles. The quantitative estimate of drug-likeness (QED) is 0.0635. The fourth-order valence-electron chi connectivity index (χ4n) is 13.6. The van der Waals surface area contributed by atoms with E-state index in [1.54, 1.807) is 95.4 Å². The molecule has 16 rings (SSSR count). The van der Waals surface area contributed by atoms with Gasteiger partial charge in [0, 0.05) is 90.5 Å². The number of rotatable bonds is 21. The molecule has 27 heteroatoms. The smallest absolute Gasteiger partial charge is 0.456 e. The van der Waals surface area contributed by atoms with Gasteiger partial charge in [0.25, 0.3) is 21.8 Å². The maximum atomic E-state index is 13.7. The van der Waals surface area contributed by atoms with E-state index in [0.717, 1.165) is 143 Å². The van der Waals surface area contributed by atoms with Crippen molar-refractivity contribution in [2.24, 2.45) is 0 Å². The molecule has 0 aliphatic carbocycles. The first-order valence-corrected chi connectivity index (χ1v) is 42.4. The van der Waals surface area contributed by atoms with E-state index in [-0.39, 0.29) is 58.2 Å². The summed E-state index contributed by atoms with van der Waals surface area (Å²) in [5.41, 5.74) is 17.0. The predicted molar refractivity (Wildman–Crippen MR) is 451 cm³/mol. The molecule has 7 aromatic heterocycles. The third-order valence-corrected chi connectivity index (χ3v) is 25.2. The number of halogens is 3. The average Bonchev–Trinajstić information content (AvgIpc) is 1.56. The fourth-order valence-corrected chi connectivity index (χ4v) is 18.5. The Labute approximate surface area is 681 Å². The molecule has 0 spiro atoms. The molecular weight excluding hydrogens is 1550 g/mol. The zero-order valence-corrected chi connectivity index (χ0v) is 67.5. The van der Waals surface area contributed by atoms with Crippen molar-refractivity contribution in [1.29, 1.82) is 0 Å². The van der Waals surface area contributed by atoms with Crippen LogP contribution in [0, 0.1) is 0 Å². The number of nitrogen functional groups attached to an aromatic ring is 1. The number of benzene rings is 7. The Hall–Kier alpha value is -12.0. The second-order valence-electron chi connectivity index (χ2n) is 27.4. The Morgan fingerprint density at radius 3 is 1.82 bits per heavy atom. The number of anilines is 2. The number of nitrogens with one attached hydrogen (secondary N) is 1. The molecule has 3 N–H and O–H groups in total. The Morgan fingerprint density at radius 2 is 1.23 bits per heavy atom. The van der Waals surface area contributed by atoms with Gasteiger partial charge in [-0.25, -0.2) is 28.5 Å². The van der Waals surface area contributed by atoms with Gasteiger partial charge in [-0.15, -0.1) is 27.2 Å². The van der Waals surface area contributed by atoms with Gasteiger partial charge in [0.05, 0.1) is 94.0 Å². The number of Topliss-reactive ketones (excluding diaryl/α,β-unsaturated/α-hetero) is 1. The Balaban J connectivity index is 0.000000135. The summed E-state index contributed by atoms with van der Waals surface area (Å²) in [5, 5.41) is 5.56. The summed E-state index contributed by atoms with van der Waals surface area (Å²) in [6, 6.07) is 67.5. The molecular formula is C89H85F3N11O9S4+. The van der Waals surface area contributed by atoms with Crippen LogP contribution in [0.3, 0.4) is 0 Å². The van der Waals surface area contributed by atoms with Crippen LogP contribution >= 0.6 is 22.7 Å². The van der Waals surface area contributed by atoms with Crippen LogP contribution in [0.5, 0.6) is 17.2 Å². The molecule has 2 amide bonds. The van der Waals surface area contributed by atoms with E-state index < -0.39 is 32.7 Å². The third-order valence-electron chi connectivity index (χ3n) is 19.5. The minimum Gasteiger partial charge on any atom is -0.497 e. The van der Waals surface area contributed by atoms with E-state index in [4.69, 9.17) is 34.9 Å². The Bertz CT molecular complexity index is 5860. The summed E-state index contributed by atoms with van der Waals surface area (Å²) in [5.74, 6) is 1.49. The van der Waals surface area contributed by atoms with Gasteiger partial charge in [0.1, 0.15) is 32.0 Å². The number of ketones is 1. The van der Waals surface area contributed by atoms with Crippen molar-refractivity contribution in [2.45, 2.75) is 80.0 Å². The second-order valence-corrected chi connectivity index (χ2v) is 33.0. The van der Waals surface area contributed by atoms with Crippen molar-refractivity contribution in [2.75, 3.05) is 69.8 Å². The molecule has 1 unspecified atom stereocenters. The average molecular weight is 1640 g/mol. The zero-order chi connectivity index (χ0) is 81.3. The topological polar surface area (TPSA) is 250 Å². The molecule has 0 saturated carbocycles. The standard InChI is InChI=1S/C26H23N3O.C22H22N2O5S.C21H20N2OS3.C20H19F3N4O2/c30-26(29-16-8-3-9-17-29)21-14-15-22-23(18-21)28-25(20-12-6-2-7-13-20)24(27-22)19-10-4-1-5-11-19;1-28-19-10-11-22(29-2)21(14-19)24(30(26,27)20-8-4-3-5-9-20)16-18(25)13-17-7-6-12-23-15-17;1-2-3-12-27(24)21-19(22)18-15(14-8-5-4-6-9-14)13-16(23-20(18)26-21)17-10-7-11-25-17;1-29-14-7-5-13(6-8-14)15-11-17(20(21,22)23)27-18(24-15)12-16(25-27)19(28)26-9-3-2-4-10-26/h1-2,4-7,10-15,18H,3,8-9,16-17H2;3-12,14-15H,13,16H2,1-2H3;4-11,13H,2-3,12,22H2,1H3;5-8,11-12H,2-4,9-10H2,1H3/p+1. The van der Waals surface area contributed by atoms with Crippen molar-refractivity contribution < 1.29 is 58.9 Å². The van der Waals surface area contributed by atoms with Crippen molar-refractivity contribution in [3.63, 3.8) is 0 Å². The number of aromatic nitrogens is 7. The van der Waals surface area contributed by atoms with Crippen LogP contribution in [0.4, 0.5) is 24.5 Å². The number of fused-ring (bicyclic) bond motifs is 3. The number of thiophene rings is 2. The maximum absolute atomic E-state index is 13.7. The van der Waals surface area contributed by atoms with Crippen LogP contribution in [0.15, 0.2) is 251 Å². The lowest BCUT2D eigenvalue weighted by Crippen LogP contribution is -2.38. The lowest BCUT2D eigenvalue weighted by Gasteiger charge is -2.26. The number of pyridine rings is 2. The SMILES string of the molecule is CCCCS(=O)c1sc2nc(-c3cccs3)cc(-c3ccccc3)c2c1N.COc1ccc(-c2cc(C(F)(F)F)[n+]3[nH]c(C(=O)N4CCCCC4)cc3n2)cc1.COc1ccc(OC)c(N(CC(=O)Cc2cccnc2)S(=O)(=O)c2ccccc2)c1.O=C(c1ccc2nc(-c3ccccc3)c(-c3ccccc3)nc2c1)N1CCCCC1. The molecule has 116 heavy (non-hydrogen) atoms. The summed E-state index contributed by atoms with van der Waals surface area (Å²) >= 11 is 3.14. The van der Waals surface area contributed by atoms with Gasteiger partial charge in [-0.05, 0) is 157 Å². The lowest BCUT2D eigenvalue weighted by atomic mass is 10.0. The van der Waals surface area contributed by atoms with Crippen LogP contribution in [0.2, 0.25) is 0 Å². The summed E-state index contributed by atoms with van der Waals surface area (Å²) in [4.78, 5) is 67.3. The monoisotopic (exact) mass is 1640 g/mol. The number of nitrogens with zero attached hydrogens (tertiary/aromatic N) is 9. The molecule has 14 aromatic rings. The largest absolute Gasteiger partial charge is 0.497 e. The fraction of sp³-hybridized carbons (Fsp3) is 0.225. The number of sulfonamides is 1. The van der Waals surface area contributed by atoms with Gasteiger partial charge in [-0.1, -0.05) is 135 Å². The second kappa shape index (κ2) is 37.9. The Morgan fingerprint density at radius 1 is 0.621 bits per heavy atom. The van der Waals surface area contributed by atoms with Gasteiger partial charge < -0.3 is 29.7 Å². The van der Waals surface area contributed by atoms with Crippen LogP contribution in [-0.4, -0.2) is 130 Å². The normalized spacial score (nSPS) is 13.1.